The summed E-state index contributed by atoms with van der Waals surface area (Å²) in [5.74, 6) is 0.569. The number of halogens is 1. The molecule has 1 N–H and O–H groups in total. The average Bonchev–Trinajstić information content (AvgIpc) is 3.23. The van der Waals surface area contributed by atoms with Crippen LogP contribution in [0.5, 0.6) is 0 Å². The summed E-state index contributed by atoms with van der Waals surface area (Å²) >= 11 is 5.89. The Morgan fingerprint density at radius 1 is 1.50 bits per heavy atom. The summed E-state index contributed by atoms with van der Waals surface area (Å²) in [6.45, 7) is -0.0130. The van der Waals surface area contributed by atoms with Crippen LogP contribution >= 0.6 is 11.6 Å². The van der Waals surface area contributed by atoms with Crippen LogP contribution in [0.1, 0.15) is 40.8 Å². The molecule has 1 aromatic carbocycles. The molecule has 1 fully saturated rings. The van der Waals surface area contributed by atoms with Crippen LogP contribution in [0.25, 0.3) is 0 Å². The Morgan fingerprint density at radius 3 is 2.95 bits per heavy atom. The molecule has 114 valence electrons. The molecular weight excluding hydrogens is 312 g/mol. The van der Waals surface area contributed by atoms with Gasteiger partial charge in [0, 0.05) is 12.0 Å². The number of nitrogens with zero attached hydrogens (tertiary/aromatic N) is 3. The zero-order valence-corrected chi connectivity index (χ0v) is 12.0. The van der Waals surface area contributed by atoms with Crippen LogP contribution < -0.4 is 5.32 Å². The van der Waals surface area contributed by atoms with Gasteiger partial charge in [-0.3, -0.25) is 14.9 Å². The highest BCUT2D eigenvalue weighted by Crippen LogP contribution is 2.38. The number of nitrogens with one attached hydrogen (secondary N) is 1. The SMILES string of the molecule is O=C(NCc1nc(C2CC2)no1)c1c(Cl)cccc1[N+](=O)[O-]. The molecule has 1 aliphatic rings. The Morgan fingerprint density at radius 2 is 2.27 bits per heavy atom. The third kappa shape index (κ3) is 2.91. The summed E-state index contributed by atoms with van der Waals surface area (Å²) in [6.07, 6.45) is 2.08. The largest absolute Gasteiger partial charge is 0.343 e. The lowest BCUT2D eigenvalue weighted by Gasteiger charge is -2.05. The molecule has 22 heavy (non-hydrogen) atoms. The predicted molar refractivity (Wildman–Crippen MR) is 75.5 cm³/mol. The molecule has 8 nitrogen and oxygen atoms in total. The van der Waals surface area contributed by atoms with Crippen molar-refractivity contribution in [2.75, 3.05) is 0 Å². The molecule has 1 aliphatic carbocycles. The molecular formula is C13H11ClN4O4. The molecule has 1 saturated carbocycles. The molecule has 1 heterocycles. The number of carbonyl (C=O) groups excluding carboxylic acids is 1. The van der Waals surface area contributed by atoms with E-state index in [4.69, 9.17) is 16.1 Å². The fraction of sp³-hybridized carbons (Fsp3) is 0.308. The molecule has 1 aromatic heterocycles. The first kappa shape index (κ1) is 14.5. The third-order valence-electron chi connectivity index (χ3n) is 3.24. The van der Waals surface area contributed by atoms with Gasteiger partial charge in [-0.1, -0.05) is 22.8 Å². The van der Waals surface area contributed by atoms with E-state index in [1.54, 1.807) is 0 Å². The highest BCUT2D eigenvalue weighted by atomic mass is 35.5. The van der Waals surface area contributed by atoms with E-state index < -0.39 is 10.8 Å². The smallest absolute Gasteiger partial charge is 0.283 e. The number of hydrogen-bond donors (Lipinski definition) is 1. The third-order valence-corrected chi connectivity index (χ3v) is 3.56. The van der Waals surface area contributed by atoms with Gasteiger partial charge in [0.15, 0.2) is 5.82 Å². The number of aromatic nitrogens is 2. The van der Waals surface area contributed by atoms with Crippen LogP contribution in [-0.4, -0.2) is 21.0 Å². The van der Waals surface area contributed by atoms with Crippen molar-refractivity contribution in [2.45, 2.75) is 25.3 Å². The van der Waals surface area contributed by atoms with Gasteiger partial charge in [-0.25, -0.2) is 0 Å². The maximum atomic E-state index is 12.1. The van der Waals surface area contributed by atoms with Gasteiger partial charge in [-0.05, 0) is 18.9 Å². The molecule has 0 atom stereocenters. The lowest BCUT2D eigenvalue weighted by molar-refractivity contribution is -0.385. The Balaban J connectivity index is 1.72. The Kier molecular flexibility index (Phi) is 3.76. The second kappa shape index (κ2) is 5.72. The van der Waals surface area contributed by atoms with Gasteiger partial charge in [0.25, 0.3) is 11.6 Å². The maximum absolute atomic E-state index is 12.1. The number of benzene rings is 1. The second-order valence-electron chi connectivity index (χ2n) is 4.89. The van der Waals surface area contributed by atoms with Crippen LogP contribution in [0.4, 0.5) is 5.69 Å². The van der Waals surface area contributed by atoms with E-state index >= 15 is 0 Å². The van der Waals surface area contributed by atoms with Gasteiger partial charge >= 0.3 is 0 Å². The quantitative estimate of drug-likeness (QED) is 0.668. The van der Waals surface area contributed by atoms with Crippen LogP contribution in [0.2, 0.25) is 5.02 Å². The monoisotopic (exact) mass is 322 g/mol. The Hall–Kier alpha value is -2.48. The molecule has 0 radical (unpaired) electrons. The van der Waals surface area contributed by atoms with E-state index in [1.165, 1.54) is 18.2 Å². The van der Waals surface area contributed by atoms with Crippen LogP contribution in [0, 0.1) is 10.1 Å². The molecule has 0 aliphatic heterocycles. The highest BCUT2D eigenvalue weighted by molar-refractivity contribution is 6.34. The first-order valence-corrected chi connectivity index (χ1v) is 6.97. The van der Waals surface area contributed by atoms with E-state index in [-0.39, 0.29) is 28.7 Å². The number of nitro benzene ring substituents is 1. The molecule has 0 bridgehead atoms. The summed E-state index contributed by atoms with van der Waals surface area (Å²) in [4.78, 5) is 26.6. The molecule has 3 rings (SSSR count). The van der Waals surface area contributed by atoms with Crippen LogP contribution in [-0.2, 0) is 6.54 Å². The molecule has 2 aromatic rings. The van der Waals surface area contributed by atoms with Gasteiger partial charge < -0.3 is 9.84 Å². The summed E-state index contributed by atoms with van der Waals surface area (Å²) in [5.41, 5.74) is -0.537. The van der Waals surface area contributed by atoms with E-state index in [1.807, 2.05) is 0 Å². The van der Waals surface area contributed by atoms with E-state index in [0.717, 1.165) is 12.8 Å². The minimum absolute atomic E-state index is 0.0101. The summed E-state index contributed by atoms with van der Waals surface area (Å²) in [7, 11) is 0. The average molecular weight is 323 g/mol. The first-order valence-electron chi connectivity index (χ1n) is 6.60. The topological polar surface area (TPSA) is 111 Å². The van der Waals surface area contributed by atoms with Crippen molar-refractivity contribution in [2.24, 2.45) is 0 Å². The zero-order valence-electron chi connectivity index (χ0n) is 11.3. The fourth-order valence-corrected chi connectivity index (χ4v) is 2.24. The molecule has 0 spiro atoms. The van der Waals surface area contributed by atoms with Gasteiger partial charge in [-0.2, -0.15) is 4.98 Å². The first-order chi connectivity index (χ1) is 10.6. The summed E-state index contributed by atoms with van der Waals surface area (Å²) < 4.78 is 5.02. The second-order valence-corrected chi connectivity index (χ2v) is 5.30. The Bertz CT molecular complexity index is 741. The van der Waals surface area contributed by atoms with Crippen LogP contribution in [0.15, 0.2) is 22.7 Å². The number of hydrogen-bond acceptors (Lipinski definition) is 6. The van der Waals surface area contributed by atoms with Crippen molar-refractivity contribution in [3.05, 3.63) is 50.6 Å². The number of rotatable bonds is 5. The lowest BCUT2D eigenvalue weighted by atomic mass is 10.1. The maximum Gasteiger partial charge on any atom is 0.283 e. The van der Waals surface area contributed by atoms with Crippen molar-refractivity contribution in [3.63, 3.8) is 0 Å². The zero-order chi connectivity index (χ0) is 15.7. The molecule has 1 amide bonds. The summed E-state index contributed by atoms with van der Waals surface area (Å²) in [6, 6.07) is 4.05. The van der Waals surface area contributed by atoms with Crippen molar-refractivity contribution in [3.8, 4) is 0 Å². The highest BCUT2D eigenvalue weighted by Gasteiger charge is 2.29. The van der Waals surface area contributed by atoms with E-state index in [2.05, 4.69) is 15.5 Å². The molecule has 9 heteroatoms. The normalized spacial score (nSPS) is 13.9. The van der Waals surface area contributed by atoms with Crippen molar-refractivity contribution in [1.82, 2.24) is 15.5 Å². The van der Waals surface area contributed by atoms with Crippen molar-refractivity contribution < 1.29 is 14.2 Å². The van der Waals surface area contributed by atoms with Gasteiger partial charge in [0.05, 0.1) is 16.5 Å². The molecule has 0 unspecified atom stereocenters. The minimum Gasteiger partial charge on any atom is -0.343 e. The Labute approximate surface area is 129 Å². The number of nitro groups is 1. The number of carbonyl (C=O) groups is 1. The standard InChI is InChI=1S/C13H11ClN4O4/c14-8-2-1-3-9(18(20)21)11(8)13(19)15-6-10-16-12(17-22-10)7-4-5-7/h1-3,7H,4-6H2,(H,15,19). The van der Waals surface area contributed by atoms with Gasteiger partial charge in [-0.15, -0.1) is 0 Å². The minimum atomic E-state index is -0.663. The van der Waals surface area contributed by atoms with Gasteiger partial charge in [0.2, 0.25) is 5.89 Å². The van der Waals surface area contributed by atoms with Gasteiger partial charge in [0.1, 0.15) is 5.56 Å². The predicted octanol–water partition coefficient (Wildman–Crippen LogP) is 2.44. The number of amides is 1. The van der Waals surface area contributed by atoms with E-state index in [9.17, 15) is 14.9 Å². The van der Waals surface area contributed by atoms with Crippen LogP contribution in [0.3, 0.4) is 0 Å². The lowest BCUT2D eigenvalue weighted by Crippen LogP contribution is -2.24. The van der Waals surface area contributed by atoms with Crippen molar-refractivity contribution >= 4 is 23.2 Å². The van der Waals surface area contributed by atoms with Crippen molar-refractivity contribution in [1.29, 1.82) is 0 Å². The fourth-order valence-electron chi connectivity index (χ4n) is 1.98. The van der Waals surface area contributed by atoms with E-state index in [0.29, 0.717) is 11.7 Å². The summed E-state index contributed by atoms with van der Waals surface area (Å²) in [5, 5.41) is 17.3. The molecule has 0 saturated heterocycles.